The van der Waals surface area contributed by atoms with Crippen molar-refractivity contribution in [3.63, 3.8) is 0 Å². The fourth-order valence-corrected chi connectivity index (χ4v) is 5.13. The summed E-state index contributed by atoms with van der Waals surface area (Å²) in [6.07, 6.45) is 8.93. The number of aliphatic carboxylic acids is 1. The number of aromatic hydroxyl groups is 2. The predicted molar refractivity (Wildman–Crippen MR) is 104 cm³/mol. The van der Waals surface area contributed by atoms with Crippen molar-refractivity contribution in [3.8, 4) is 11.5 Å². The van der Waals surface area contributed by atoms with Gasteiger partial charge in [0, 0.05) is 5.97 Å². The number of fused-ring (bicyclic) bond motifs is 1. The van der Waals surface area contributed by atoms with Gasteiger partial charge in [-0.1, -0.05) is 0 Å². The molecule has 2 atom stereocenters. The normalized spacial score (nSPS) is 23.6. The van der Waals surface area contributed by atoms with E-state index in [0.29, 0.717) is 23.6 Å². The first kappa shape index (κ1) is 21.1. The van der Waals surface area contributed by atoms with Crippen molar-refractivity contribution in [2.75, 3.05) is 0 Å². The van der Waals surface area contributed by atoms with E-state index in [1.807, 2.05) is 36.4 Å². The van der Waals surface area contributed by atoms with Crippen molar-refractivity contribution in [3.05, 3.63) is 59.7 Å². The molecule has 1 heterocycles. The van der Waals surface area contributed by atoms with E-state index < -0.39 is 5.97 Å². The van der Waals surface area contributed by atoms with Crippen LogP contribution < -0.4 is 5.11 Å². The van der Waals surface area contributed by atoms with Crippen molar-refractivity contribution in [2.24, 2.45) is 0 Å². The molecular formula is C22H25CoN2O4+. The monoisotopic (exact) mass is 440 g/mol. The van der Waals surface area contributed by atoms with Gasteiger partial charge in [-0.05, 0) is 6.92 Å². The number of carbonyl (C=O) groups excluding carboxylic acids is 1. The molecule has 2 aromatic rings. The molecule has 2 fully saturated rings. The Morgan fingerprint density at radius 2 is 1.31 bits per heavy atom. The number of phenolic OH excluding ortho intramolecular Hbond substituents is 2. The fourth-order valence-electron chi connectivity index (χ4n) is 3.50. The zero-order valence-electron chi connectivity index (χ0n) is 16.2. The number of hydrogen-bond acceptors (Lipinski definition) is 4. The van der Waals surface area contributed by atoms with Crippen molar-refractivity contribution < 1.29 is 42.5 Å². The van der Waals surface area contributed by atoms with E-state index in [1.54, 1.807) is 12.1 Å². The van der Waals surface area contributed by atoms with Crippen LogP contribution in [0.1, 0.15) is 43.7 Å². The molecule has 2 aromatic carbocycles. The van der Waals surface area contributed by atoms with Crippen molar-refractivity contribution in [1.29, 1.82) is 0 Å². The third-order valence-corrected chi connectivity index (χ3v) is 6.28. The maximum atomic E-state index is 10.1. The molecule has 0 spiro atoms. The number of phenols is 2. The molecule has 0 radical (unpaired) electrons. The van der Waals surface area contributed by atoms with Gasteiger partial charge in [-0.2, -0.15) is 0 Å². The van der Waals surface area contributed by atoms with Crippen LogP contribution in [0.5, 0.6) is 11.5 Å². The fraction of sp³-hybridized carbons (Fsp3) is 0.318. The summed E-state index contributed by atoms with van der Waals surface area (Å²) in [7, 11) is 0. The second-order valence-corrected chi connectivity index (χ2v) is 8.28. The topological polar surface area (TPSA) is 86.6 Å². The first-order chi connectivity index (χ1) is 14.0. The van der Waals surface area contributed by atoms with Crippen LogP contribution in [0, 0.1) is 0 Å². The van der Waals surface area contributed by atoms with E-state index in [9.17, 15) is 10.2 Å². The number of rotatable bonds is 2. The Labute approximate surface area is 176 Å². The summed E-state index contributed by atoms with van der Waals surface area (Å²) in [5.74, 6) is -0.458. The summed E-state index contributed by atoms with van der Waals surface area (Å²) in [4.78, 5) is 8.89. The van der Waals surface area contributed by atoms with E-state index in [2.05, 4.69) is 19.7 Å². The van der Waals surface area contributed by atoms with Gasteiger partial charge in [0.1, 0.15) is 0 Å². The van der Waals surface area contributed by atoms with Crippen molar-refractivity contribution >= 4 is 18.4 Å². The van der Waals surface area contributed by atoms with E-state index in [4.69, 9.17) is 9.90 Å². The minimum absolute atomic E-state index is 0.313. The van der Waals surface area contributed by atoms with E-state index in [0.717, 1.165) is 46.0 Å². The molecule has 0 bridgehead atoms. The predicted octanol–water partition coefficient (Wildman–Crippen LogP) is 1.65. The summed E-state index contributed by atoms with van der Waals surface area (Å²) < 4.78 is 4.62. The molecule has 0 unspecified atom stereocenters. The van der Waals surface area contributed by atoms with Gasteiger partial charge in [-0.3, -0.25) is 0 Å². The molecule has 0 amide bonds. The van der Waals surface area contributed by atoms with Gasteiger partial charge in [-0.15, -0.1) is 0 Å². The van der Waals surface area contributed by atoms with Crippen LogP contribution >= 0.6 is 0 Å². The summed E-state index contributed by atoms with van der Waals surface area (Å²) in [6, 6.07) is 15.8. The van der Waals surface area contributed by atoms with Crippen LogP contribution in [0.2, 0.25) is 0 Å². The van der Waals surface area contributed by atoms with Gasteiger partial charge in [-0.25, -0.2) is 0 Å². The van der Waals surface area contributed by atoms with Gasteiger partial charge >= 0.3 is 154 Å². The van der Waals surface area contributed by atoms with E-state index >= 15 is 0 Å². The van der Waals surface area contributed by atoms with Crippen molar-refractivity contribution in [1.82, 2.24) is 0 Å². The number of benzene rings is 2. The van der Waals surface area contributed by atoms with Crippen LogP contribution in [0.4, 0.5) is 0 Å². The summed E-state index contributed by atoms with van der Waals surface area (Å²) in [5.41, 5.74) is 1.70. The van der Waals surface area contributed by atoms with Crippen LogP contribution in [0.3, 0.4) is 0 Å². The van der Waals surface area contributed by atoms with Crippen LogP contribution in [0.25, 0.3) is 0 Å². The van der Waals surface area contributed by atoms with E-state index in [-0.39, 0.29) is 0 Å². The number of para-hydroxylation sites is 2. The zero-order valence-corrected chi connectivity index (χ0v) is 17.2. The molecule has 2 N–H and O–H groups in total. The zero-order chi connectivity index (χ0) is 20.8. The third-order valence-electron chi connectivity index (χ3n) is 4.84. The second-order valence-electron chi connectivity index (χ2n) is 7.00. The molecular weight excluding hydrogens is 415 g/mol. The Balaban J connectivity index is 0.000000552. The Morgan fingerprint density at radius 1 is 0.931 bits per heavy atom. The quantitative estimate of drug-likeness (QED) is 0.744. The molecule has 6 nitrogen and oxygen atoms in total. The molecule has 1 aliphatic carbocycles. The van der Waals surface area contributed by atoms with Gasteiger partial charge in [0.05, 0.1) is 0 Å². The number of carboxylic acids is 1. The molecule has 1 saturated carbocycles. The summed E-state index contributed by atoms with van der Waals surface area (Å²) >= 11 is 1.11. The SMILES string of the molecule is CC(=O)[O-].Oc1ccccc1C=[N+]1[Co][N+](=Cc2ccccc2O)[C@@H]2CCCC[C@H]21. The molecule has 1 saturated heterocycles. The number of carboxylic acid groups (broad SMARTS) is 1. The summed E-state index contributed by atoms with van der Waals surface area (Å²) in [5, 5.41) is 29.1. The molecule has 2 aliphatic rings. The molecule has 4 rings (SSSR count). The molecule has 0 aromatic heterocycles. The number of carbonyl (C=O) groups is 1. The van der Waals surface area contributed by atoms with Crippen LogP contribution in [-0.2, 0) is 19.9 Å². The van der Waals surface area contributed by atoms with E-state index in [1.165, 1.54) is 12.8 Å². The molecule has 155 valence electrons. The molecule has 29 heavy (non-hydrogen) atoms. The first-order valence-electron chi connectivity index (χ1n) is 9.57. The van der Waals surface area contributed by atoms with Gasteiger partial charge in [0.25, 0.3) is 0 Å². The molecule has 7 heteroatoms. The Hall–Kier alpha value is -2.64. The van der Waals surface area contributed by atoms with Gasteiger partial charge in [0.2, 0.25) is 0 Å². The summed E-state index contributed by atoms with van der Waals surface area (Å²) in [6.45, 7) is 0.972. The number of nitrogens with zero attached hydrogens (tertiary/aromatic N) is 2. The Morgan fingerprint density at radius 3 is 1.69 bits per heavy atom. The third kappa shape index (κ3) is 5.45. The van der Waals surface area contributed by atoms with Crippen LogP contribution in [-0.4, -0.2) is 47.9 Å². The maximum absolute atomic E-state index is 10.1. The Bertz CT molecular complexity index is 868. The minimum atomic E-state index is -1.08. The van der Waals surface area contributed by atoms with Crippen LogP contribution in [0.15, 0.2) is 48.5 Å². The van der Waals surface area contributed by atoms with Gasteiger partial charge < -0.3 is 9.90 Å². The number of hydrogen-bond donors (Lipinski definition) is 2. The Kier molecular flexibility index (Phi) is 7.06. The molecule has 1 aliphatic heterocycles. The average Bonchev–Trinajstić information content (AvgIpc) is 3.03. The first-order valence-corrected chi connectivity index (χ1v) is 10.5. The second kappa shape index (κ2) is 9.71. The average molecular weight is 440 g/mol. The standard InChI is InChI=1S/C20H22N2O2.C2H4O2.Co/c23-19-11-5-1-7-15(19)13-21-17-9-3-4-10-18(17)22-14-16-8-2-6-12-20(16)24;1-2(3)4;/h1-2,5-8,11-14,17-18,23-24H,3-4,9-10H2;1H3,(H,3,4);/q;;+2/p-1/t17-,18-;;/m1../s1. The van der Waals surface area contributed by atoms with Gasteiger partial charge in [0.15, 0.2) is 0 Å². The van der Waals surface area contributed by atoms with Crippen molar-refractivity contribution in [2.45, 2.75) is 44.7 Å².